The number of nitrogens with zero attached hydrogens (tertiary/aromatic N) is 3. The number of carbonyl (C=O) groups is 1. The first-order valence-electron chi connectivity index (χ1n) is 6.58. The molecule has 0 spiro atoms. The highest BCUT2D eigenvalue weighted by molar-refractivity contribution is 5.78. The van der Waals surface area contributed by atoms with E-state index in [1.807, 2.05) is 0 Å². The van der Waals surface area contributed by atoms with Gasteiger partial charge in [0.25, 0.3) is 0 Å². The van der Waals surface area contributed by atoms with Crippen LogP contribution in [0.3, 0.4) is 0 Å². The molecule has 5 nitrogen and oxygen atoms in total. The van der Waals surface area contributed by atoms with Crippen LogP contribution in [0, 0.1) is 0 Å². The molecule has 1 fully saturated rings. The summed E-state index contributed by atoms with van der Waals surface area (Å²) in [5, 5.41) is 12.1. The summed E-state index contributed by atoms with van der Waals surface area (Å²) >= 11 is 0. The summed E-state index contributed by atoms with van der Waals surface area (Å²) in [6.45, 7) is 0.362. The van der Waals surface area contributed by atoms with Crippen molar-refractivity contribution >= 4 is 11.6 Å². The molecule has 0 radical (unpaired) electrons. The smallest absolute Gasteiger partial charge is 0.351 e. The van der Waals surface area contributed by atoms with Crippen LogP contribution in [-0.2, 0) is 11.0 Å². The molecule has 112 valence electrons. The monoisotopic (exact) mass is 298 g/mol. The van der Waals surface area contributed by atoms with Gasteiger partial charge in [-0.1, -0.05) is 11.3 Å². The molecule has 0 saturated carbocycles. The van der Waals surface area contributed by atoms with Crippen molar-refractivity contribution in [1.29, 1.82) is 0 Å². The van der Waals surface area contributed by atoms with Crippen molar-refractivity contribution < 1.29 is 18.0 Å². The van der Waals surface area contributed by atoms with Crippen LogP contribution in [0.15, 0.2) is 34.6 Å². The van der Waals surface area contributed by atoms with Gasteiger partial charge in [-0.15, -0.1) is 0 Å². The number of hydrogen-bond donors (Lipinski definition) is 1. The van der Waals surface area contributed by atoms with E-state index in [1.165, 1.54) is 11.1 Å². The highest BCUT2D eigenvalue weighted by Crippen LogP contribution is 2.34. The van der Waals surface area contributed by atoms with E-state index in [0.29, 0.717) is 25.1 Å². The van der Waals surface area contributed by atoms with Gasteiger partial charge in [-0.05, 0) is 24.6 Å². The minimum absolute atomic E-state index is 0.0455. The van der Waals surface area contributed by atoms with E-state index in [-0.39, 0.29) is 18.0 Å². The molecule has 21 heavy (non-hydrogen) atoms. The zero-order valence-corrected chi connectivity index (χ0v) is 11.0. The molecule has 0 aromatic heterocycles. The second-order valence-corrected chi connectivity index (χ2v) is 5.09. The predicted octanol–water partition coefficient (Wildman–Crippen LogP) is 2.54. The summed E-state index contributed by atoms with van der Waals surface area (Å²) in [6.07, 6.45) is -3.33. The Hall–Kier alpha value is -2.12. The van der Waals surface area contributed by atoms with E-state index in [1.54, 1.807) is 6.07 Å². The summed E-state index contributed by atoms with van der Waals surface area (Å²) in [7, 11) is 0. The Morgan fingerprint density at radius 1 is 1.33 bits per heavy atom. The minimum atomic E-state index is -4.40. The summed E-state index contributed by atoms with van der Waals surface area (Å²) in [6, 6.07) is 4.60. The van der Waals surface area contributed by atoms with Crippen LogP contribution in [0.1, 0.15) is 18.4 Å². The molecule has 2 aliphatic heterocycles. The Bertz CT molecular complexity index is 587. The van der Waals surface area contributed by atoms with Gasteiger partial charge in [-0.2, -0.15) is 18.3 Å². The lowest BCUT2D eigenvalue weighted by Gasteiger charge is -2.27. The molecule has 1 amide bonds. The van der Waals surface area contributed by atoms with Gasteiger partial charge >= 0.3 is 6.18 Å². The van der Waals surface area contributed by atoms with Gasteiger partial charge in [0.15, 0.2) is 0 Å². The quantitative estimate of drug-likeness (QED) is 0.912. The van der Waals surface area contributed by atoms with E-state index >= 15 is 0 Å². The molecular weight excluding hydrogens is 285 g/mol. The third-order valence-electron chi connectivity index (χ3n) is 3.67. The topological polar surface area (TPSA) is 57.1 Å². The molecule has 2 heterocycles. The second-order valence-electron chi connectivity index (χ2n) is 5.09. The minimum Gasteiger partial charge on any atom is -0.351 e. The highest BCUT2D eigenvalue weighted by Gasteiger charge is 2.37. The molecule has 2 unspecified atom stereocenters. The SMILES string of the molecule is O=C1CCC(C2CN=NN2c2cccc(C(F)(F)F)c2)N1. The number of anilines is 1. The van der Waals surface area contributed by atoms with Gasteiger partial charge in [0.05, 0.1) is 29.9 Å². The number of carbonyl (C=O) groups excluding carboxylic acids is 1. The van der Waals surface area contributed by atoms with Crippen LogP contribution in [-0.4, -0.2) is 24.5 Å². The Kier molecular flexibility index (Phi) is 3.30. The standard InChI is InChI=1S/C13H13F3N4O/c14-13(15,16)8-2-1-3-9(6-8)20-11(7-17-19-20)10-4-5-12(21)18-10/h1-3,6,10-11H,4-5,7H2,(H,18,21). The Morgan fingerprint density at radius 3 is 2.81 bits per heavy atom. The Morgan fingerprint density at radius 2 is 2.14 bits per heavy atom. The molecule has 8 heteroatoms. The van der Waals surface area contributed by atoms with E-state index in [2.05, 4.69) is 15.7 Å². The lowest BCUT2D eigenvalue weighted by Crippen LogP contribution is -2.45. The molecule has 0 bridgehead atoms. The first-order chi connectivity index (χ1) is 9.95. The summed E-state index contributed by atoms with van der Waals surface area (Å²) in [4.78, 5) is 11.3. The lowest BCUT2D eigenvalue weighted by molar-refractivity contribution is -0.137. The fraction of sp³-hybridized carbons (Fsp3) is 0.462. The maximum absolute atomic E-state index is 12.8. The normalized spacial score (nSPS) is 25.5. The van der Waals surface area contributed by atoms with Crippen molar-refractivity contribution in [3.8, 4) is 0 Å². The van der Waals surface area contributed by atoms with Gasteiger partial charge in [0.1, 0.15) is 0 Å². The summed E-state index contributed by atoms with van der Waals surface area (Å²) in [5.74, 6) is -0.0455. The number of amides is 1. The van der Waals surface area contributed by atoms with E-state index < -0.39 is 11.7 Å². The zero-order chi connectivity index (χ0) is 15.0. The van der Waals surface area contributed by atoms with Crippen LogP contribution < -0.4 is 10.3 Å². The molecule has 2 aliphatic rings. The second kappa shape index (κ2) is 5.01. The van der Waals surface area contributed by atoms with Crippen LogP contribution >= 0.6 is 0 Å². The average Bonchev–Trinajstić information content (AvgIpc) is 3.06. The number of benzene rings is 1. The molecule has 0 aliphatic carbocycles. The first-order valence-corrected chi connectivity index (χ1v) is 6.58. The van der Waals surface area contributed by atoms with Crippen LogP contribution in [0.5, 0.6) is 0 Å². The number of nitrogens with one attached hydrogen (secondary N) is 1. The van der Waals surface area contributed by atoms with Gasteiger partial charge in [-0.3, -0.25) is 4.79 Å². The van der Waals surface area contributed by atoms with Crippen LogP contribution in [0.4, 0.5) is 18.9 Å². The maximum Gasteiger partial charge on any atom is 0.416 e. The van der Waals surface area contributed by atoms with Crippen molar-refractivity contribution in [2.75, 3.05) is 11.6 Å². The van der Waals surface area contributed by atoms with Crippen molar-refractivity contribution in [2.45, 2.75) is 31.1 Å². The molecule has 1 N–H and O–H groups in total. The molecule has 2 atom stereocenters. The van der Waals surface area contributed by atoms with Crippen molar-refractivity contribution in [3.63, 3.8) is 0 Å². The van der Waals surface area contributed by atoms with Gasteiger partial charge in [0.2, 0.25) is 5.91 Å². The van der Waals surface area contributed by atoms with Crippen molar-refractivity contribution in [3.05, 3.63) is 29.8 Å². The van der Waals surface area contributed by atoms with Gasteiger partial charge < -0.3 is 5.32 Å². The Balaban J connectivity index is 1.85. The molecule has 1 aromatic carbocycles. The molecule has 3 rings (SSSR count). The maximum atomic E-state index is 12.8. The lowest BCUT2D eigenvalue weighted by atomic mass is 10.1. The Labute approximate surface area is 118 Å². The molecule has 1 aromatic rings. The molecule has 1 saturated heterocycles. The number of hydrogen-bond acceptors (Lipinski definition) is 4. The third-order valence-corrected chi connectivity index (χ3v) is 3.67. The third kappa shape index (κ3) is 2.70. The van der Waals surface area contributed by atoms with E-state index in [0.717, 1.165) is 12.1 Å². The average molecular weight is 298 g/mol. The van der Waals surface area contributed by atoms with Gasteiger partial charge in [0, 0.05) is 6.42 Å². The largest absolute Gasteiger partial charge is 0.416 e. The van der Waals surface area contributed by atoms with E-state index in [9.17, 15) is 18.0 Å². The summed E-state index contributed by atoms with van der Waals surface area (Å²) in [5.41, 5.74) is -0.395. The fourth-order valence-corrected chi connectivity index (χ4v) is 2.62. The van der Waals surface area contributed by atoms with Crippen molar-refractivity contribution in [1.82, 2.24) is 5.32 Å². The van der Waals surface area contributed by atoms with Crippen LogP contribution in [0.25, 0.3) is 0 Å². The predicted molar refractivity (Wildman–Crippen MR) is 68.6 cm³/mol. The fourth-order valence-electron chi connectivity index (χ4n) is 2.62. The first kappa shape index (κ1) is 13.8. The van der Waals surface area contributed by atoms with Crippen molar-refractivity contribution in [2.24, 2.45) is 10.3 Å². The van der Waals surface area contributed by atoms with Crippen LogP contribution in [0.2, 0.25) is 0 Å². The summed E-state index contributed by atoms with van der Waals surface area (Å²) < 4.78 is 38.3. The van der Waals surface area contributed by atoms with E-state index in [4.69, 9.17) is 0 Å². The van der Waals surface area contributed by atoms with Gasteiger partial charge in [-0.25, -0.2) is 5.01 Å². The highest BCUT2D eigenvalue weighted by atomic mass is 19.4. The zero-order valence-electron chi connectivity index (χ0n) is 11.0. The number of rotatable bonds is 2. The number of halogens is 3. The number of alkyl halides is 3. The molecular formula is C13H13F3N4O.